The quantitative estimate of drug-likeness (QED) is 0.774. The summed E-state index contributed by atoms with van der Waals surface area (Å²) in [6.45, 7) is 5.09. The highest BCUT2D eigenvalue weighted by Crippen LogP contribution is 2.13. The molecule has 112 valence electrons. The van der Waals surface area contributed by atoms with E-state index in [0.717, 1.165) is 0 Å². The molecule has 8 heteroatoms. The third kappa shape index (κ3) is 3.66. The molecule has 2 amide bonds. The minimum atomic E-state index is -1.03. The lowest BCUT2D eigenvalue weighted by Gasteiger charge is -2.26. The summed E-state index contributed by atoms with van der Waals surface area (Å²) in [5.74, 6) is -0.00231. The molecule has 0 bridgehead atoms. The number of nitrogens with zero attached hydrogens (tertiary/aromatic N) is 2. The molecule has 0 radical (unpaired) electrons. The molecule has 2 heterocycles. The van der Waals surface area contributed by atoms with E-state index in [0.29, 0.717) is 10.7 Å². The van der Waals surface area contributed by atoms with Crippen molar-refractivity contribution in [2.24, 2.45) is 0 Å². The molecule has 0 unspecified atom stereocenters. The molecule has 7 nitrogen and oxygen atoms in total. The molecule has 21 heavy (non-hydrogen) atoms. The second-order valence-electron chi connectivity index (χ2n) is 5.12. The molecule has 3 N–H and O–H groups in total. The van der Waals surface area contributed by atoms with Crippen LogP contribution >= 0.6 is 11.3 Å². The molecule has 2 rings (SSSR count). The smallest absolute Gasteiger partial charge is 0.262 e. The van der Waals surface area contributed by atoms with Gasteiger partial charge in [-0.15, -0.1) is 11.3 Å². The maximum absolute atomic E-state index is 12.3. The number of thiophene rings is 1. The maximum Gasteiger partial charge on any atom is 0.262 e. The average Bonchev–Trinajstić information content (AvgIpc) is 3.11. The van der Waals surface area contributed by atoms with Crippen molar-refractivity contribution in [3.63, 3.8) is 0 Å². The molecular formula is C13H17N5O2S. The van der Waals surface area contributed by atoms with Gasteiger partial charge in [0, 0.05) is 0 Å². The van der Waals surface area contributed by atoms with E-state index in [4.69, 9.17) is 0 Å². The van der Waals surface area contributed by atoms with E-state index in [1.54, 1.807) is 32.9 Å². The lowest BCUT2D eigenvalue weighted by Crippen LogP contribution is -2.55. The Bertz CT molecular complexity index is 607. The fourth-order valence-electron chi connectivity index (χ4n) is 1.68. The van der Waals surface area contributed by atoms with Crippen LogP contribution in [0.4, 0.5) is 0 Å². The molecule has 0 aliphatic heterocycles. The number of hydrogen-bond acceptors (Lipinski definition) is 5. The summed E-state index contributed by atoms with van der Waals surface area (Å²) in [5.41, 5.74) is -1.03. The van der Waals surface area contributed by atoms with Crippen LogP contribution in [0.15, 0.2) is 23.8 Å². The fourth-order valence-corrected chi connectivity index (χ4v) is 2.30. The number of rotatable bonds is 5. The number of aromatic amines is 1. The Morgan fingerprint density at radius 3 is 2.76 bits per heavy atom. The first-order valence-electron chi connectivity index (χ1n) is 6.42. The average molecular weight is 307 g/mol. The molecule has 0 saturated heterocycles. The van der Waals surface area contributed by atoms with Crippen molar-refractivity contribution in [3.05, 3.63) is 34.5 Å². The minimum Gasteiger partial charge on any atom is -0.344 e. The highest BCUT2D eigenvalue weighted by atomic mass is 32.1. The molecule has 0 saturated carbocycles. The van der Waals surface area contributed by atoms with Gasteiger partial charge in [-0.2, -0.15) is 5.10 Å². The molecule has 0 aliphatic rings. The highest BCUT2D eigenvalue weighted by molar-refractivity contribution is 7.12. The Morgan fingerprint density at radius 2 is 2.19 bits per heavy atom. The SMILES string of the molecule is C[C@H](NC(=O)C(C)(C)NC(=O)c1cccs1)c1ncn[nH]1. The first-order valence-corrected chi connectivity index (χ1v) is 7.30. The van der Waals surface area contributed by atoms with Crippen LogP contribution in [0.25, 0.3) is 0 Å². The summed E-state index contributed by atoms with van der Waals surface area (Å²) >= 11 is 1.33. The van der Waals surface area contributed by atoms with Crippen LogP contribution in [0.1, 0.15) is 42.3 Å². The van der Waals surface area contributed by atoms with Gasteiger partial charge in [0.05, 0.1) is 10.9 Å². The van der Waals surface area contributed by atoms with Crippen molar-refractivity contribution in [2.45, 2.75) is 32.4 Å². The monoisotopic (exact) mass is 307 g/mol. The number of H-pyrrole nitrogens is 1. The van der Waals surface area contributed by atoms with Crippen LogP contribution in [0, 0.1) is 0 Å². The summed E-state index contributed by atoms with van der Waals surface area (Å²) in [6, 6.07) is 3.18. The number of carbonyl (C=O) groups excluding carboxylic acids is 2. The Hall–Kier alpha value is -2.22. The van der Waals surface area contributed by atoms with Gasteiger partial charge in [-0.1, -0.05) is 6.07 Å². The third-order valence-corrected chi connectivity index (χ3v) is 3.80. The molecule has 2 aromatic rings. The van der Waals surface area contributed by atoms with Gasteiger partial charge in [0.1, 0.15) is 17.7 Å². The normalized spacial score (nSPS) is 12.7. The van der Waals surface area contributed by atoms with Gasteiger partial charge in [0.15, 0.2) is 0 Å². The second kappa shape index (κ2) is 6.04. The van der Waals surface area contributed by atoms with E-state index in [9.17, 15) is 9.59 Å². The van der Waals surface area contributed by atoms with Gasteiger partial charge >= 0.3 is 0 Å². The van der Waals surface area contributed by atoms with Gasteiger partial charge in [0.2, 0.25) is 5.91 Å². The van der Waals surface area contributed by atoms with Crippen molar-refractivity contribution in [1.82, 2.24) is 25.8 Å². The number of hydrogen-bond donors (Lipinski definition) is 3. The van der Waals surface area contributed by atoms with Crippen LogP contribution in [0.2, 0.25) is 0 Å². The molecule has 0 aromatic carbocycles. The van der Waals surface area contributed by atoms with Crippen LogP contribution < -0.4 is 10.6 Å². The second-order valence-corrected chi connectivity index (χ2v) is 6.07. The van der Waals surface area contributed by atoms with Crippen molar-refractivity contribution in [2.75, 3.05) is 0 Å². The zero-order chi connectivity index (χ0) is 15.5. The fraction of sp³-hybridized carbons (Fsp3) is 0.385. The van der Waals surface area contributed by atoms with Gasteiger partial charge in [-0.3, -0.25) is 14.7 Å². The van der Waals surface area contributed by atoms with E-state index in [2.05, 4.69) is 25.8 Å². The van der Waals surface area contributed by atoms with E-state index in [1.165, 1.54) is 17.7 Å². The zero-order valence-electron chi connectivity index (χ0n) is 12.0. The van der Waals surface area contributed by atoms with Gasteiger partial charge in [-0.25, -0.2) is 4.98 Å². The van der Waals surface area contributed by atoms with Crippen molar-refractivity contribution < 1.29 is 9.59 Å². The number of amides is 2. The van der Waals surface area contributed by atoms with E-state index in [-0.39, 0.29) is 17.9 Å². The number of nitrogens with one attached hydrogen (secondary N) is 3. The molecule has 0 fully saturated rings. The van der Waals surface area contributed by atoms with Crippen LogP contribution in [-0.4, -0.2) is 32.5 Å². The summed E-state index contributed by atoms with van der Waals surface area (Å²) in [4.78, 5) is 28.9. The summed E-state index contributed by atoms with van der Waals surface area (Å²) < 4.78 is 0. The number of carbonyl (C=O) groups is 2. The predicted molar refractivity (Wildman–Crippen MR) is 78.8 cm³/mol. The lowest BCUT2D eigenvalue weighted by molar-refractivity contribution is -0.126. The van der Waals surface area contributed by atoms with Crippen molar-refractivity contribution in [3.8, 4) is 0 Å². The molecule has 0 spiro atoms. The Labute approximate surface area is 126 Å². The summed E-state index contributed by atoms with van der Waals surface area (Å²) in [6.07, 6.45) is 1.38. The van der Waals surface area contributed by atoms with Crippen LogP contribution in [0.5, 0.6) is 0 Å². The Morgan fingerprint density at radius 1 is 1.43 bits per heavy atom. The molecule has 2 aromatic heterocycles. The first-order chi connectivity index (χ1) is 9.90. The van der Waals surface area contributed by atoms with Crippen molar-refractivity contribution in [1.29, 1.82) is 0 Å². The van der Waals surface area contributed by atoms with Gasteiger partial charge in [0.25, 0.3) is 5.91 Å². The topological polar surface area (TPSA) is 99.8 Å². The van der Waals surface area contributed by atoms with Gasteiger partial charge < -0.3 is 10.6 Å². The standard InChI is InChI=1S/C13H17N5O2S/c1-8(10-14-7-15-18-10)16-12(20)13(2,3)17-11(19)9-5-4-6-21-9/h4-8H,1-3H3,(H,16,20)(H,17,19)(H,14,15,18)/t8-/m0/s1. The lowest BCUT2D eigenvalue weighted by atomic mass is 10.0. The molecule has 1 atom stereocenters. The van der Waals surface area contributed by atoms with E-state index >= 15 is 0 Å². The highest BCUT2D eigenvalue weighted by Gasteiger charge is 2.31. The zero-order valence-corrected chi connectivity index (χ0v) is 12.8. The molecule has 0 aliphatic carbocycles. The van der Waals surface area contributed by atoms with E-state index in [1.807, 2.05) is 5.38 Å². The Balaban J connectivity index is 1.98. The van der Waals surface area contributed by atoms with E-state index < -0.39 is 5.54 Å². The largest absolute Gasteiger partial charge is 0.344 e. The summed E-state index contributed by atoms with van der Waals surface area (Å²) in [5, 5.41) is 13.8. The first kappa shape index (κ1) is 15.2. The van der Waals surface area contributed by atoms with Crippen LogP contribution in [-0.2, 0) is 4.79 Å². The van der Waals surface area contributed by atoms with Crippen molar-refractivity contribution >= 4 is 23.2 Å². The van der Waals surface area contributed by atoms with Gasteiger partial charge in [-0.05, 0) is 32.2 Å². The Kier molecular flexibility index (Phi) is 4.37. The molecular weight excluding hydrogens is 290 g/mol. The summed E-state index contributed by atoms with van der Waals surface area (Å²) in [7, 11) is 0. The minimum absolute atomic E-state index is 0.266. The third-order valence-electron chi connectivity index (χ3n) is 2.93. The maximum atomic E-state index is 12.3. The number of aromatic nitrogens is 3. The predicted octanol–water partition coefficient (Wildman–Crippen LogP) is 1.25. The van der Waals surface area contributed by atoms with Crippen LogP contribution in [0.3, 0.4) is 0 Å².